The zero-order valence-electron chi connectivity index (χ0n) is 10.2. The number of carboxylic acids is 1. The largest absolute Gasteiger partial charge is 0.481 e. The molecule has 0 spiro atoms. The number of benzene rings is 1. The van der Waals surface area contributed by atoms with Crippen molar-refractivity contribution < 1.29 is 14.7 Å². The van der Waals surface area contributed by atoms with Crippen LogP contribution < -0.4 is 4.90 Å². The molecule has 0 aromatic heterocycles. The number of aliphatic carboxylic acids is 1. The summed E-state index contributed by atoms with van der Waals surface area (Å²) < 4.78 is 0. The van der Waals surface area contributed by atoms with Gasteiger partial charge in [0.05, 0.1) is 6.42 Å². The maximum Gasteiger partial charge on any atom is 0.305 e. The average molecular weight is 247 g/mol. The SMILES string of the molecule is C=CCCC(=O)N(CCC(=O)O)c1ccccc1. The summed E-state index contributed by atoms with van der Waals surface area (Å²) in [5, 5.41) is 8.71. The van der Waals surface area contributed by atoms with Crippen LogP contribution in [0.4, 0.5) is 5.69 Å². The van der Waals surface area contributed by atoms with Crippen LogP contribution in [0.3, 0.4) is 0 Å². The van der Waals surface area contributed by atoms with Gasteiger partial charge in [-0.15, -0.1) is 6.58 Å². The number of hydrogen-bond donors (Lipinski definition) is 1. The molecule has 1 aromatic rings. The van der Waals surface area contributed by atoms with E-state index < -0.39 is 5.97 Å². The number of amides is 1. The molecule has 4 nitrogen and oxygen atoms in total. The normalized spacial score (nSPS) is 9.78. The number of para-hydroxylation sites is 1. The van der Waals surface area contributed by atoms with Crippen molar-refractivity contribution >= 4 is 17.6 Å². The maximum atomic E-state index is 12.0. The summed E-state index contributed by atoms with van der Waals surface area (Å²) in [5.41, 5.74) is 0.729. The van der Waals surface area contributed by atoms with Crippen LogP contribution in [0.1, 0.15) is 19.3 Å². The number of hydrogen-bond acceptors (Lipinski definition) is 2. The molecule has 1 rings (SSSR count). The lowest BCUT2D eigenvalue weighted by Gasteiger charge is -2.22. The highest BCUT2D eigenvalue weighted by atomic mass is 16.4. The van der Waals surface area contributed by atoms with E-state index in [1.807, 2.05) is 18.2 Å². The predicted octanol–water partition coefficient (Wildman–Crippen LogP) is 2.46. The Morgan fingerprint density at radius 2 is 1.89 bits per heavy atom. The number of carboxylic acid groups (broad SMARTS) is 1. The predicted molar refractivity (Wildman–Crippen MR) is 70.5 cm³/mol. The number of carbonyl (C=O) groups excluding carboxylic acids is 1. The lowest BCUT2D eigenvalue weighted by molar-refractivity contribution is -0.136. The summed E-state index contributed by atoms with van der Waals surface area (Å²) in [5.74, 6) is -0.991. The van der Waals surface area contributed by atoms with E-state index in [1.54, 1.807) is 18.2 Å². The van der Waals surface area contributed by atoms with E-state index >= 15 is 0 Å². The van der Waals surface area contributed by atoms with Gasteiger partial charge in [0, 0.05) is 18.7 Å². The molecule has 0 aliphatic carbocycles. The van der Waals surface area contributed by atoms with E-state index in [4.69, 9.17) is 5.11 Å². The molecule has 1 amide bonds. The van der Waals surface area contributed by atoms with Gasteiger partial charge in [0.15, 0.2) is 0 Å². The Labute approximate surface area is 107 Å². The van der Waals surface area contributed by atoms with E-state index in [0.29, 0.717) is 12.8 Å². The van der Waals surface area contributed by atoms with Gasteiger partial charge in [0.25, 0.3) is 0 Å². The third-order valence-electron chi connectivity index (χ3n) is 2.48. The molecule has 0 aliphatic heterocycles. The van der Waals surface area contributed by atoms with Crippen LogP contribution in [-0.2, 0) is 9.59 Å². The van der Waals surface area contributed by atoms with Crippen LogP contribution in [0.25, 0.3) is 0 Å². The molecule has 0 fully saturated rings. The van der Waals surface area contributed by atoms with Crippen LogP contribution >= 0.6 is 0 Å². The minimum Gasteiger partial charge on any atom is -0.481 e. The first-order chi connectivity index (χ1) is 8.65. The average Bonchev–Trinajstić information content (AvgIpc) is 2.37. The van der Waals surface area contributed by atoms with E-state index in [1.165, 1.54) is 4.90 Å². The fraction of sp³-hybridized carbons (Fsp3) is 0.286. The zero-order valence-corrected chi connectivity index (χ0v) is 10.2. The first-order valence-electron chi connectivity index (χ1n) is 5.83. The monoisotopic (exact) mass is 247 g/mol. The molecule has 0 radical (unpaired) electrons. The van der Waals surface area contributed by atoms with Crippen molar-refractivity contribution in [2.75, 3.05) is 11.4 Å². The van der Waals surface area contributed by atoms with Gasteiger partial charge < -0.3 is 10.0 Å². The molecule has 0 saturated carbocycles. The number of rotatable bonds is 7. The lowest BCUT2D eigenvalue weighted by atomic mass is 10.2. The van der Waals surface area contributed by atoms with Gasteiger partial charge in [-0.1, -0.05) is 24.3 Å². The topological polar surface area (TPSA) is 57.6 Å². The first-order valence-corrected chi connectivity index (χ1v) is 5.83. The molecular formula is C14H17NO3. The standard InChI is InChI=1S/C14H17NO3/c1-2-3-9-13(16)15(11-10-14(17)18)12-7-5-4-6-8-12/h2,4-8H,1,3,9-11H2,(H,17,18). The molecular weight excluding hydrogens is 230 g/mol. The minimum atomic E-state index is -0.910. The maximum absolute atomic E-state index is 12.0. The molecule has 0 saturated heterocycles. The van der Waals surface area contributed by atoms with Gasteiger partial charge in [-0.2, -0.15) is 0 Å². The summed E-state index contributed by atoms with van der Waals surface area (Å²) in [6.07, 6.45) is 2.56. The number of nitrogens with zero attached hydrogens (tertiary/aromatic N) is 1. The highest BCUT2D eigenvalue weighted by Gasteiger charge is 2.15. The molecule has 1 aromatic carbocycles. The third-order valence-corrected chi connectivity index (χ3v) is 2.48. The summed E-state index contributed by atoms with van der Waals surface area (Å²) in [6, 6.07) is 9.10. The molecule has 4 heteroatoms. The van der Waals surface area contributed by atoms with Crippen LogP contribution in [0.2, 0.25) is 0 Å². The van der Waals surface area contributed by atoms with E-state index in [0.717, 1.165) is 5.69 Å². The Kier molecular flexibility index (Phi) is 5.64. The van der Waals surface area contributed by atoms with E-state index in [2.05, 4.69) is 6.58 Å². The minimum absolute atomic E-state index is 0.0608. The van der Waals surface area contributed by atoms with Gasteiger partial charge in [0.1, 0.15) is 0 Å². The second kappa shape index (κ2) is 7.27. The van der Waals surface area contributed by atoms with Gasteiger partial charge in [-0.05, 0) is 18.6 Å². The van der Waals surface area contributed by atoms with Crippen molar-refractivity contribution in [1.29, 1.82) is 0 Å². The van der Waals surface area contributed by atoms with Gasteiger partial charge in [-0.25, -0.2) is 0 Å². The second-order valence-electron chi connectivity index (χ2n) is 3.85. The Hall–Kier alpha value is -2.10. The molecule has 18 heavy (non-hydrogen) atoms. The van der Waals surface area contributed by atoms with Crippen molar-refractivity contribution in [1.82, 2.24) is 0 Å². The Morgan fingerprint density at radius 1 is 1.22 bits per heavy atom. The Morgan fingerprint density at radius 3 is 2.44 bits per heavy atom. The van der Waals surface area contributed by atoms with Crippen molar-refractivity contribution in [3.63, 3.8) is 0 Å². The molecule has 96 valence electrons. The van der Waals surface area contributed by atoms with Crippen molar-refractivity contribution in [2.45, 2.75) is 19.3 Å². The van der Waals surface area contributed by atoms with Gasteiger partial charge >= 0.3 is 5.97 Å². The van der Waals surface area contributed by atoms with Crippen LogP contribution in [0.15, 0.2) is 43.0 Å². The smallest absolute Gasteiger partial charge is 0.305 e. The fourth-order valence-electron chi connectivity index (χ4n) is 1.57. The number of anilines is 1. The van der Waals surface area contributed by atoms with Gasteiger partial charge in [-0.3, -0.25) is 9.59 Å². The van der Waals surface area contributed by atoms with Crippen molar-refractivity contribution in [2.24, 2.45) is 0 Å². The summed E-state index contributed by atoms with van der Waals surface area (Å²) in [4.78, 5) is 24.1. The van der Waals surface area contributed by atoms with Crippen LogP contribution in [0, 0.1) is 0 Å². The van der Waals surface area contributed by atoms with Gasteiger partial charge in [0.2, 0.25) is 5.91 Å². The van der Waals surface area contributed by atoms with Crippen molar-refractivity contribution in [3.05, 3.63) is 43.0 Å². The molecule has 0 aliphatic rings. The number of carbonyl (C=O) groups is 2. The fourth-order valence-corrected chi connectivity index (χ4v) is 1.57. The molecule has 0 heterocycles. The first kappa shape index (κ1) is 14.0. The molecule has 0 unspecified atom stereocenters. The molecule has 0 bridgehead atoms. The Bertz CT molecular complexity index is 414. The third kappa shape index (κ3) is 4.41. The second-order valence-corrected chi connectivity index (χ2v) is 3.85. The van der Waals surface area contributed by atoms with E-state index in [9.17, 15) is 9.59 Å². The Balaban J connectivity index is 2.77. The quantitative estimate of drug-likeness (QED) is 0.753. The highest BCUT2D eigenvalue weighted by Crippen LogP contribution is 2.15. The van der Waals surface area contributed by atoms with Crippen LogP contribution in [-0.4, -0.2) is 23.5 Å². The zero-order chi connectivity index (χ0) is 13.4. The summed E-state index contributed by atoms with van der Waals surface area (Å²) in [6.45, 7) is 3.76. The van der Waals surface area contributed by atoms with Crippen LogP contribution in [0.5, 0.6) is 0 Å². The molecule has 0 atom stereocenters. The highest BCUT2D eigenvalue weighted by molar-refractivity contribution is 5.93. The van der Waals surface area contributed by atoms with E-state index in [-0.39, 0.29) is 18.9 Å². The summed E-state index contributed by atoms with van der Waals surface area (Å²) >= 11 is 0. The summed E-state index contributed by atoms with van der Waals surface area (Å²) in [7, 11) is 0. The lowest BCUT2D eigenvalue weighted by Crippen LogP contribution is -2.32. The number of allylic oxidation sites excluding steroid dienone is 1. The van der Waals surface area contributed by atoms with Crippen molar-refractivity contribution in [3.8, 4) is 0 Å². The molecule has 1 N–H and O–H groups in total.